The van der Waals surface area contributed by atoms with Crippen molar-refractivity contribution in [3.8, 4) is 0 Å². The molecule has 0 unspecified atom stereocenters. The van der Waals surface area contributed by atoms with Gasteiger partial charge in [-0.15, -0.1) is 0 Å². The van der Waals surface area contributed by atoms with Crippen LogP contribution < -0.4 is 5.32 Å². The average Bonchev–Trinajstić information content (AvgIpc) is 2.98. The summed E-state index contributed by atoms with van der Waals surface area (Å²) in [4.78, 5) is 27.1. The van der Waals surface area contributed by atoms with E-state index in [0.29, 0.717) is 22.7 Å². The van der Waals surface area contributed by atoms with Gasteiger partial charge in [-0.2, -0.15) is 0 Å². The van der Waals surface area contributed by atoms with Crippen LogP contribution in [0.25, 0.3) is 0 Å². The van der Waals surface area contributed by atoms with Gasteiger partial charge in [-0.3, -0.25) is 9.59 Å². The van der Waals surface area contributed by atoms with Crippen LogP contribution in [0.15, 0.2) is 48.5 Å². The van der Waals surface area contributed by atoms with E-state index in [1.54, 1.807) is 24.3 Å². The van der Waals surface area contributed by atoms with Crippen molar-refractivity contribution in [2.24, 2.45) is 0 Å². The molecule has 1 saturated heterocycles. The van der Waals surface area contributed by atoms with Gasteiger partial charge >= 0.3 is 0 Å². The lowest BCUT2D eigenvalue weighted by atomic mass is 10.1. The summed E-state index contributed by atoms with van der Waals surface area (Å²) >= 11 is 5.88. The van der Waals surface area contributed by atoms with Crippen molar-refractivity contribution in [1.29, 1.82) is 0 Å². The number of halogens is 1. The smallest absolute Gasteiger partial charge is 0.253 e. The molecule has 0 aliphatic carbocycles. The molecular weight excluding hydrogens is 360 g/mol. The van der Waals surface area contributed by atoms with Crippen LogP contribution in [0.3, 0.4) is 0 Å². The second-order valence-corrected chi connectivity index (χ2v) is 7.36. The van der Waals surface area contributed by atoms with E-state index in [4.69, 9.17) is 11.6 Å². The summed E-state index contributed by atoms with van der Waals surface area (Å²) in [6, 6.07) is 14.6. The molecule has 1 aliphatic heterocycles. The third-order valence-electron chi connectivity index (χ3n) is 4.88. The molecule has 2 aromatic carbocycles. The molecule has 0 bridgehead atoms. The minimum Gasteiger partial charge on any atom is -0.352 e. The normalized spacial score (nSPS) is 14.5. The fourth-order valence-electron chi connectivity index (χ4n) is 3.32. The van der Waals surface area contributed by atoms with Crippen LogP contribution in [0.2, 0.25) is 5.02 Å². The molecule has 0 saturated carbocycles. The molecule has 2 aromatic rings. The zero-order valence-electron chi connectivity index (χ0n) is 15.4. The van der Waals surface area contributed by atoms with Crippen LogP contribution >= 0.6 is 11.6 Å². The Balaban J connectivity index is 1.57. The van der Waals surface area contributed by atoms with Gasteiger partial charge in [0.05, 0.1) is 0 Å². The van der Waals surface area contributed by atoms with Gasteiger partial charge in [0.1, 0.15) is 0 Å². The number of nitrogens with one attached hydrogen (secondary N) is 1. The van der Waals surface area contributed by atoms with E-state index in [0.717, 1.165) is 37.9 Å². The first-order chi connectivity index (χ1) is 13.1. The maximum absolute atomic E-state index is 12.7. The molecule has 1 fully saturated rings. The second-order valence-electron chi connectivity index (χ2n) is 6.92. The molecule has 5 heteroatoms. The van der Waals surface area contributed by atoms with E-state index in [1.165, 1.54) is 12.8 Å². The number of benzene rings is 2. The fourth-order valence-corrected chi connectivity index (χ4v) is 3.45. The summed E-state index contributed by atoms with van der Waals surface area (Å²) in [5.74, 6) is -0.137. The molecule has 0 spiro atoms. The van der Waals surface area contributed by atoms with Crippen LogP contribution in [0, 0.1) is 0 Å². The first kappa shape index (κ1) is 19.4. The molecule has 1 aliphatic rings. The Morgan fingerprint density at radius 3 is 2.30 bits per heavy atom. The molecule has 1 N–H and O–H groups in total. The topological polar surface area (TPSA) is 49.4 Å². The minimum atomic E-state index is -0.158. The predicted molar refractivity (Wildman–Crippen MR) is 108 cm³/mol. The largest absolute Gasteiger partial charge is 0.352 e. The van der Waals surface area contributed by atoms with Gasteiger partial charge in [0, 0.05) is 35.8 Å². The van der Waals surface area contributed by atoms with E-state index in [9.17, 15) is 9.59 Å². The second kappa shape index (κ2) is 9.56. The first-order valence-electron chi connectivity index (χ1n) is 9.55. The molecule has 3 rings (SSSR count). The third kappa shape index (κ3) is 5.57. The van der Waals surface area contributed by atoms with Gasteiger partial charge in [0.25, 0.3) is 11.8 Å². The van der Waals surface area contributed by atoms with Gasteiger partial charge in [0.2, 0.25) is 0 Å². The zero-order valence-corrected chi connectivity index (χ0v) is 16.2. The Kier molecular flexibility index (Phi) is 6.88. The maximum atomic E-state index is 12.7. The van der Waals surface area contributed by atoms with Crippen LogP contribution in [-0.2, 0) is 6.42 Å². The lowest BCUT2D eigenvalue weighted by Gasteiger charge is -2.20. The molecule has 4 nitrogen and oxygen atoms in total. The molecule has 0 atom stereocenters. The van der Waals surface area contributed by atoms with Crippen molar-refractivity contribution >= 4 is 23.4 Å². The molecule has 2 amide bonds. The van der Waals surface area contributed by atoms with E-state index in [-0.39, 0.29) is 11.8 Å². The summed E-state index contributed by atoms with van der Waals surface area (Å²) in [5, 5.41) is 3.62. The highest BCUT2D eigenvalue weighted by Gasteiger charge is 2.18. The highest BCUT2D eigenvalue weighted by molar-refractivity contribution is 6.30. The van der Waals surface area contributed by atoms with Crippen molar-refractivity contribution in [2.45, 2.75) is 32.1 Å². The number of hydrogen-bond donors (Lipinski definition) is 1. The zero-order chi connectivity index (χ0) is 19.1. The SMILES string of the molecule is O=C(NCCc1ccc(Cl)cc1)c1cccc(C(=O)N2CCCCCC2)c1. The van der Waals surface area contributed by atoms with Gasteiger partial charge in [0.15, 0.2) is 0 Å². The monoisotopic (exact) mass is 384 g/mol. The van der Waals surface area contributed by atoms with Crippen LogP contribution in [0.1, 0.15) is 52.0 Å². The van der Waals surface area contributed by atoms with E-state index < -0.39 is 0 Å². The van der Waals surface area contributed by atoms with Crippen LogP contribution in [-0.4, -0.2) is 36.3 Å². The summed E-state index contributed by atoms with van der Waals surface area (Å²) in [6.07, 6.45) is 5.20. The summed E-state index contributed by atoms with van der Waals surface area (Å²) in [5.41, 5.74) is 2.22. The molecule has 0 aromatic heterocycles. The van der Waals surface area contributed by atoms with Crippen LogP contribution in [0.5, 0.6) is 0 Å². The molecule has 0 radical (unpaired) electrons. The van der Waals surface area contributed by atoms with E-state index >= 15 is 0 Å². The highest BCUT2D eigenvalue weighted by atomic mass is 35.5. The molecule has 142 valence electrons. The van der Waals surface area contributed by atoms with Gasteiger partial charge in [-0.05, 0) is 55.2 Å². The highest BCUT2D eigenvalue weighted by Crippen LogP contribution is 2.15. The summed E-state index contributed by atoms with van der Waals surface area (Å²) in [7, 11) is 0. The number of carbonyl (C=O) groups excluding carboxylic acids is 2. The van der Waals surface area contributed by atoms with Crippen molar-refractivity contribution in [2.75, 3.05) is 19.6 Å². The van der Waals surface area contributed by atoms with Gasteiger partial charge in [-0.1, -0.05) is 42.6 Å². The quantitative estimate of drug-likeness (QED) is 0.834. The fraction of sp³-hybridized carbons (Fsp3) is 0.364. The van der Waals surface area contributed by atoms with E-state index in [2.05, 4.69) is 5.32 Å². The number of rotatable bonds is 5. The number of likely N-dealkylation sites (tertiary alicyclic amines) is 1. The maximum Gasteiger partial charge on any atom is 0.253 e. The Bertz CT molecular complexity index is 781. The minimum absolute atomic E-state index is 0.0210. The molecule has 1 heterocycles. The standard InChI is InChI=1S/C22H25ClN2O2/c23-20-10-8-17(9-11-20)12-13-24-21(26)18-6-5-7-19(16-18)22(27)25-14-3-1-2-4-15-25/h5-11,16H,1-4,12-15H2,(H,24,26). The summed E-state index contributed by atoms with van der Waals surface area (Å²) < 4.78 is 0. The Morgan fingerprint density at radius 2 is 1.59 bits per heavy atom. The van der Waals surface area contributed by atoms with Crippen molar-refractivity contribution in [3.05, 3.63) is 70.2 Å². The lowest BCUT2D eigenvalue weighted by molar-refractivity contribution is 0.0761. The Morgan fingerprint density at radius 1 is 0.926 bits per heavy atom. The number of nitrogens with zero attached hydrogens (tertiary/aromatic N) is 1. The van der Waals surface area contributed by atoms with Crippen molar-refractivity contribution in [3.63, 3.8) is 0 Å². The van der Waals surface area contributed by atoms with Gasteiger partial charge in [-0.25, -0.2) is 0 Å². The summed E-state index contributed by atoms with van der Waals surface area (Å²) in [6.45, 7) is 2.14. The Hall–Kier alpha value is -2.33. The number of amides is 2. The number of hydrogen-bond acceptors (Lipinski definition) is 2. The molecular formula is C22H25ClN2O2. The van der Waals surface area contributed by atoms with Gasteiger partial charge < -0.3 is 10.2 Å². The molecule has 27 heavy (non-hydrogen) atoms. The number of carbonyl (C=O) groups is 2. The van der Waals surface area contributed by atoms with Crippen molar-refractivity contribution < 1.29 is 9.59 Å². The lowest BCUT2D eigenvalue weighted by Crippen LogP contribution is -2.32. The Labute approximate surface area is 165 Å². The van der Waals surface area contributed by atoms with Crippen LogP contribution in [0.4, 0.5) is 0 Å². The first-order valence-corrected chi connectivity index (χ1v) is 9.93. The predicted octanol–water partition coefficient (Wildman–Crippen LogP) is 4.33. The third-order valence-corrected chi connectivity index (χ3v) is 5.13. The van der Waals surface area contributed by atoms with Crippen molar-refractivity contribution in [1.82, 2.24) is 10.2 Å². The average molecular weight is 385 g/mol. The van der Waals surface area contributed by atoms with E-state index in [1.807, 2.05) is 29.2 Å².